The van der Waals surface area contributed by atoms with Gasteiger partial charge in [-0.1, -0.05) is 13.0 Å². The van der Waals surface area contributed by atoms with Crippen molar-refractivity contribution < 1.29 is 39.4 Å². The van der Waals surface area contributed by atoms with Crippen LogP contribution >= 0.6 is 19.4 Å². The molecule has 0 radical (unpaired) electrons. The second kappa shape index (κ2) is 9.76. The van der Waals surface area contributed by atoms with Crippen molar-refractivity contribution in [3.63, 3.8) is 0 Å². The zero-order chi connectivity index (χ0) is 20.9. The van der Waals surface area contributed by atoms with Crippen molar-refractivity contribution in [2.45, 2.75) is 49.8 Å². The maximum absolute atomic E-state index is 13.3. The van der Waals surface area contributed by atoms with Crippen LogP contribution in [0.3, 0.4) is 0 Å². The van der Waals surface area contributed by atoms with E-state index in [2.05, 4.69) is 0 Å². The Hall–Kier alpha value is -0.580. The van der Waals surface area contributed by atoms with Crippen LogP contribution in [0.5, 0.6) is 0 Å². The van der Waals surface area contributed by atoms with Crippen LogP contribution in [-0.2, 0) is 34.1 Å². The first kappa shape index (κ1) is 24.5. The summed E-state index contributed by atoms with van der Waals surface area (Å²) in [7, 11) is -8.86. The first-order valence-electron chi connectivity index (χ1n) is 8.00. The van der Waals surface area contributed by atoms with Crippen LogP contribution in [0.2, 0.25) is 0 Å². The highest BCUT2D eigenvalue weighted by atomic mass is 32.2. The Balaban J connectivity index is 3.32. The molecule has 1 unspecified atom stereocenters. The minimum Gasteiger partial charge on any atom is -0.307 e. The normalized spacial score (nSPS) is 15.1. The van der Waals surface area contributed by atoms with E-state index in [9.17, 15) is 26.2 Å². The zero-order valence-corrected chi connectivity index (χ0v) is 17.8. The van der Waals surface area contributed by atoms with Gasteiger partial charge in [0.15, 0.2) is 6.35 Å². The molecule has 27 heavy (non-hydrogen) atoms. The lowest BCUT2D eigenvalue weighted by Gasteiger charge is -2.21. The number of halogens is 3. The van der Waals surface area contributed by atoms with Gasteiger partial charge in [0.05, 0.1) is 18.3 Å². The van der Waals surface area contributed by atoms with E-state index >= 15 is 0 Å². The van der Waals surface area contributed by atoms with Crippen molar-refractivity contribution in [3.05, 3.63) is 23.8 Å². The molecule has 1 rings (SSSR count). The van der Waals surface area contributed by atoms with Gasteiger partial charge in [-0.3, -0.25) is 8.75 Å². The van der Waals surface area contributed by atoms with E-state index in [1.165, 1.54) is 13.0 Å². The number of benzene rings is 1. The highest BCUT2D eigenvalue weighted by Crippen LogP contribution is 2.50. The predicted octanol–water partition coefficient (Wildman–Crippen LogP) is 5.13. The zero-order valence-electron chi connectivity index (χ0n) is 15.3. The van der Waals surface area contributed by atoms with Gasteiger partial charge >= 0.3 is 13.8 Å². The average molecular weight is 450 g/mol. The van der Waals surface area contributed by atoms with Gasteiger partial charge in [-0.15, -0.1) is 11.8 Å². The predicted molar refractivity (Wildman–Crippen MR) is 96.4 cm³/mol. The summed E-state index contributed by atoms with van der Waals surface area (Å²) < 4.78 is 92.4. The molecule has 0 fully saturated rings. The molecule has 0 aliphatic rings. The Labute approximate surface area is 161 Å². The molecule has 0 heterocycles. The molecule has 0 aliphatic carbocycles. The summed E-state index contributed by atoms with van der Waals surface area (Å²) >= 11 is 0.923. The summed E-state index contributed by atoms with van der Waals surface area (Å²) in [6.07, 6.45) is -6.50. The topological polar surface area (TPSA) is 78.9 Å². The summed E-state index contributed by atoms with van der Waals surface area (Å²) in [5.74, 6) is 0.345. The Kier molecular flexibility index (Phi) is 8.84. The first-order valence-corrected chi connectivity index (χ1v) is 12.1. The molecule has 0 aliphatic heterocycles. The van der Waals surface area contributed by atoms with Gasteiger partial charge in [0.2, 0.25) is 0 Å². The number of alkyl halides is 3. The smallest absolute Gasteiger partial charge is 0.307 e. The van der Waals surface area contributed by atoms with E-state index in [0.717, 1.165) is 17.8 Å². The van der Waals surface area contributed by atoms with Crippen LogP contribution < -0.4 is 0 Å². The highest BCUT2D eigenvalue weighted by Gasteiger charge is 2.40. The molecule has 0 saturated carbocycles. The van der Waals surface area contributed by atoms with Gasteiger partial charge < -0.3 is 9.05 Å². The Morgan fingerprint density at radius 1 is 1.22 bits per heavy atom. The number of hydrogen-bond acceptors (Lipinski definition) is 7. The van der Waals surface area contributed by atoms with E-state index in [4.69, 9.17) is 13.2 Å². The van der Waals surface area contributed by atoms with Gasteiger partial charge in [0, 0.05) is 4.90 Å². The lowest BCUT2D eigenvalue weighted by Crippen LogP contribution is -2.18. The van der Waals surface area contributed by atoms with Crippen LogP contribution in [0.1, 0.15) is 33.3 Å². The molecule has 0 bridgehead atoms. The molecular formula is C15H22F3O6PS2. The average Bonchev–Trinajstić information content (AvgIpc) is 2.52. The van der Waals surface area contributed by atoms with Crippen molar-refractivity contribution in [3.8, 4) is 0 Å². The molecule has 0 saturated heterocycles. The largest absolute Gasteiger partial charge is 0.417 e. The van der Waals surface area contributed by atoms with E-state index < -0.39 is 46.8 Å². The lowest BCUT2D eigenvalue weighted by atomic mass is 10.2. The van der Waals surface area contributed by atoms with Gasteiger partial charge in [0.25, 0.3) is 10.1 Å². The molecule has 12 heteroatoms. The Morgan fingerprint density at radius 2 is 1.85 bits per heavy atom. The fourth-order valence-electron chi connectivity index (χ4n) is 2.07. The SMILES string of the molecule is CCOP(=O)(COS(=O)(=O)c1c(SCC)cccc1C(F)(F)F)OC(C)C. The highest BCUT2D eigenvalue weighted by molar-refractivity contribution is 8.00. The Morgan fingerprint density at radius 3 is 2.33 bits per heavy atom. The number of hydrogen-bond donors (Lipinski definition) is 0. The van der Waals surface area contributed by atoms with Crippen LogP contribution in [0.15, 0.2) is 28.0 Å². The molecule has 1 aromatic rings. The maximum Gasteiger partial charge on any atom is 0.417 e. The monoisotopic (exact) mass is 450 g/mol. The van der Waals surface area contributed by atoms with Crippen LogP contribution in [0.25, 0.3) is 0 Å². The summed E-state index contributed by atoms with van der Waals surface area (Å²) in [5, 5.41) is 0. The lowest BCUT2D eigenvalue weighted by molar-refractivity contribution is -0.140. The fourth-order valence-corrected chi connectivity index (χ4v) is 6.47. The second-order valence-electron chi connectivity index (χ2n) is 5.45. The molecular weight excluding hydrogens is 428 g/mol. The van der Waals surface area contributed by atoms with E-state index in [1.807, 2.05) is 0 Å². The van der Waals surface area contributed by atoms with Gasteiger partial charge in [-0.05, 0) is 38.7 Å². The summed E-state index contributed by atoms with van der Waals surface area (Å²) in [4.78, 5) is -1.11. The summed E-state index contributed by atoms with van der Waals surface area (Å²) in [5.41, 5.74) is -1.35. The molecule has 0 amide bonds. The van der Waals surface area contributed by atoms with E-state index in [1.54, 1.807) is 20.8 Å². The molecule has 156 valence electrons. The number of thioether (sulfide) groups is 1. The van der Waals surface area contributed by atoms with Crippen LogP contribution in [0, 0.1) is 0 Å². The van der Waals surface area contributed by atoms with E-state index in [-0.39, 0.29) is 11.5 Å². The second-order valence-corrected chi connectivity index (χ2v) is 10.3. The molecule has 1 aromatic carbocycles. The van der Waals surface area contributed by atoms with E-state index in [0.29, 0.717) is 11.8 Å². The molecule has 1 atom stereocenters. The maximum atomic E-state index is 13.3. The molecule has 6 nitrogen and oxygen atoms in total. The summed E-state index contributed by atoms with van der Waals surface area (Å²) in [6, 6.07) is 3.03. The molecule has 0 spiro atoms. The minimum absolute atomic E-state index is 0.0521. The van der Waals surface area contributed by atoms with Crippen LogP contribution in [0.4, 0.5) is 13.2 Å². The molecule has 0 N–H and O–H groups in total. The van der Waals surface area contributed by atoms with Crippen molar-refractivity contribution in [2.75, 3.05) is 18.7 Å². The third kappa shape index (κ3) is 7.07. The quantitative estimate of drug-likeness (QED) is 0.278. The minimum atomic E-state index is -4.91. The third-order valence-corrected chi connectivity index (χ3v) is 7.35. The summed E-state index contributed by atoms with van der Waals surface area (Å²) in [6.45, 7) is 6.23. The van der Waals surface area contributed by atoms with Crippen molar-refractivity contribution in [2.24, 2.45) is 0 Å². The Bertz CT molecular complexity index is 780. The third-order valence-electron chi connectivity index (χ3n) is 2.90. The van der Waals surface area contributed by atoms with Gasteiger partial charge in [-0.2, -0.15) is 21.6 Å². The first-order chi connectivity index (χ1) is 12.4. The number of rotatable bonds is 10. The molecule has 0 aromatic heterocycles. The van der Waals surface area contributed by atoms with Gasteiger partial charge in [0.1, 0.15) is 4.90 Å². The van der Waals surface area contributed by atoms with Crippen LogP contribution in [-0.4, -0.2) is 33.2 Å². The van der Waals surface area contributed by atoms with Crippen molar-refractivity contribution in [1.29, 1.82) is 0 Å². The van der Waals surface area contributed by atoms with Crippen molar-refractivity contribution in [1.82, 2.24) is 0 Å². The standard InChI is InChI=1S/C15H22F3O6PS2/c1-5-22-25(19,24-11(3)4)10-23-27(20,21)14-12(15(16,17)18)8-7-9-13(14)26-6-2/h7-9,11H,5-6,10H2,1-4H3. The fraction of sp³-hybridized carbons (Fsp3) is 0.600. The van der Waals surface area contributed by atoms with Crippen molar-refractivity contribution >= 4 is 29.5 Å². The van der Waals surface area contributed by atoms with Gasteiger partial charge in [-0.25, -0.2) is 0 Å².